The number of carboxylic acids is 1. The molecular formula is C13H23N5O7S. The maximum absolute atomic E-state index is 12.1. The first-order valence-electron chi connectivity index (χ1n) is 7.42. The van der Waals surface area contributed by atoms with Gasteiger partial charge in [-0.15, -0.1) is 0 Å². The topological polar surface area (TPSA) is 214 Å². The maximum atomic E-state index is 12.1. The Kier molecular flexibility index (Phi) is 10.2. The third-order valence-electron chi connectivity index (χ3n) is 3.06. The van der Waals surface area contributed by atoms with Gasteiger partial charge >= 0.3 is 5.97 Å². The number of amides is 4. The van der Waals surface area contributed by atoms with Crippen LogP contribution in [0.15, 0.2) is 0 Å². The Bertz CT molecular complexity index is 557. The SMILES string of the molecule is CC(O)C(NC(=O)C(CC(N)=O)NC(=O)CNC(=O)C(N)CS)C(=O)O. The largest absolute Gasteiger partial charge is 0.480 e. The molecule has 12 nitrogen and oxygen atoms in total. The van der Waals surface area contributed by atoms with Gasteiger partial charge in [0.2, 0.25) is 23.6 Å². The highest BCUT2D eigenvalue weighted by Crippen LogP contribution is 1.98. The van der Waals surface area contributed by atoms with E-state index in [-0.39, 0.29) is 5.75 Å². The molecule has 0 aliphatic rings. The summed E-state index contributed by atoms with van der Waals surface area (Å²) in [6.07, 6.45) is -2.04. The molecule has 0 aromatic carbocycles. The number of carboxylic acid groups (broad SMARTS) is 1. The Balaban J connectivity index is 4.90. The molecule has 13 heteroatoms. The van der Waals surface area contributed by atoms with Gasteiger partial charge in [-0.05, 0) is 6.92 Å². The van der Waals surface area contributed by atoms with Crippen molar-refractivity contribution in [3.05, 3.63) is 0 Å². The van der Waals surface area contributed by atoms with Gasteiger partial charge in [0, 0.05) is 5.75 Å². The first-order chi connectivity index (χ1) is 12.0. The highest BCUT2D eigenvalue weighted by atomic mass is 32.1. The Morgan fingerprint density at radius 1 is 1.12 bits per heavy atom. The minimum Gasteiger partial charge on any atom is -0.480 e. The fourth-order valence-electron chi connectivity index (χ4n) is 1.68. The Labute approximate surface area is 154 Å². The van der Waals surface area contributed by atoms with Gasteiger partial charge < -0.3 is 37.6 Å². The molecule has 0 fully saturated rings. The van der Waals surface area contributed by atoms with Crippen LogP contribution in [-0.4, -0.2) is 76.3 Å². The van der Waals surface area contributed by atoms with Crippen LogP contribution in [0, 0.1) is 0 Å². The number of nitrogens with two attached hydrogens (primary N) is 2. The standard InChI is InChI=1S/C13H23N5O7S/c1-5(19)10(13(24)25)18-12(23)7(2-8(15)20)17-9(21)3-16-11(22)6(14)4-26/h5-7,10,19,26H,2-4,14H2,1H3,(H2,15,20)(H,16,22)(H,17,21)(H,18,23)(H,24,25). The van der Waals surface area contributed by atoms with Crippen LogP contribution in [0.1, 0.15) is 13.3 Å². The summed E-state index contributed by atoms with van der Waals surface area (Å²) in [5, 5.41) is 24.6. The zero-order valence-corrected chi connectivity index (χ0v) is 14.9. The zero-order valence-electron chi connectivity index (χ0n) is 14.0. The van der Waals surface area contributed by atoms with Crippen LogP contribution in [0.3, 0.4) is 0 Å². The van der Waals surface area contributed by atoms with E-state index in [1.165, 1.54) is 0 Å². The maximum Gasteiger partial charge on any atom is 0.328 e. The summed E-state index contributed by atoms with van der Waals surface area (Å²) in [5.74, 6) is -4.92. The van der Waals surface area contributed by atoms with Crippen molar-refractivity contribution in [2.75, 3.05) is 12.3 Å². The molecule has 0 radical (unpaired) electrons. The van der Waals surface area contributed by atoms with E-state index in [2.05, 4.69) is 23.3 Å². The van der Waals surface area contributed by atoms with Crippen LogP contribution < -0.4 is 27.4 Å². The molecule has 0 rings (SSSR count). The van der Waals surface area contributed by atoms with Gasteiger partial charge in [0.05, 0.1) is 25.1 Å². The molecule has 4 atom stereocenters. The normalized spacial score (nSPS) is 15.1. The average Bonchev–Trinajstić information content (AvgIpc) is 2.54. The number of thiol groups is 1. The van der Waals surface area contributed by atoms with E-state index in [1.807, 2.05) is 5.32 Å². The number of hydrogen-bond donors (Lipinski definition) is 8. The van der Waals surface area contributed by atoms with Crippen molar-refractivity contribution in [3.63, 3.8) is 0 Å². The number of hydrogen-bond acceptors (Lipinski definition) is 8. The van der Waals surface area contributed by atoms with Crippen molar-refractivity contribution < 1.29 is 34.2 Å². The summed E-state index contributed by atoms with van der Waals surface area (Å²) in [5.41, 5.74) is 10.4. The van der Waals surface area contributed by atoms with Gasteiger partial charge in [-0.3, -0.25) is 19.2 Å². The van der Waals surface area contributed by atoms with E-state index < -0.39 is 66.8 Å². The first-order valence-corrected chi connectivity index (χ1v) is 8.05. The predicted octanol–water partition coefficient (Wildman–Crippen LogP) is -4.33. The highest BCUT2D eigenvalue weighted by Gasteiger charge is 2.30. The number of primary amides is 1. The Morgan fingerprint density at radius 3 is 2.12 bits per heavy atom. The zero-order chi connectivity index (χ0) is 20.4. The summed E-state index contributed by atoms with van der Waals surface area (Å²) < 4.78 is 0. The second-order valence-corrected chi connectivity index (χ2v) is 5.73. The second-order valence-electron chi connectivity index (χ2n) is 5.36. The highest BCUT2D eigenvalue weighted by molar-refractivity contribution is 7.80. The van der Waals surface area contributed by atoms with Crippen molar-refractivity contribution in [3.8, 4) is 0 Å². The lowest BCUT2D eigenvalue weighted by molar-refractivity contribution is -0.145. The van der Waals surface area contributed by atoms with Crippen LogP contribution in [0.5, 0.6) is 0 Å². The van der Waals surface area contributed by atoms with Crippen molar-refractivity contribution in [1.82, 2.24) is 16.0 Å². The van der Waals surface area contributed by atoms with Crippen molar-refractivity contribution in [2.24, 2.45) is 11.5 Å². The lowest BCUT2D eigenvalue weighted by Gasteiger charge is -2.22. The summed E-state index contributed by atoms with van der Waals surface area (Å²) in [7, 11) is 0. The van der Waals surface area contributed by atoms with Crippen LogP contribution in [-0.2, 0) is 24.0 Å². The van der Waals surface area contributed by atoms with Crippen LogP contribution in [0.4, 0.5) is 0 Å². The summed E-state index contributed by atoms with van der Waals surface area (Å²) >= 11 is 3.83. The Morgan fingerprint density at radius 2 is 1.69 bits per heavy atom. The van der Waals surface area contributed by atoms with Gasteiger partial charge in [-0.2, -0.15) is 12.6 Å². The van der Waals surface area contributed by atoms with Gasteiger partial charge in [0.15, 0.2) is 6.04 Å². The van der Waals surface area contributed by atoms with Crippen molar-refractivity contribution >= 4 is 42.2 Å². The number of carbonyl (C=O) groups is 5. The minimum absolute atomic E-state index is 0.0517. The molecule has 0 aromatic rings. The van der Waals surface area contributed by atoms with Gasteiger partial charge in [-0.1, -0.05) is 0 Å². The summed E-state index contributed by atoms with van der Waals surface area (Å²) in [4.78, 5) is 57.5. The third kappa shape index (κ3) is 8.64. The monoisotopic (exact) mass is 393 g/mol. The molecule has 0 aromatic heterocycles. The first kappa shape index (κ1) is 23.6. The molecule has 0 aliphatic heterocycles. The summed E-state index contributed by atoms with van der Waals surface area (Å²) in [6, 6.07) is -4.07. The van der Waals surface area contributed by atoms with E-state index in [1.54, 1.807) is 0 Å². The molecule has 0 heterocycles. The minimum atomic E-state index is -1.65. The molecule has 0 saturated heterocycles. The molecule has 0 saturated carbocycles. The molecule has 148 valence electrons. The molecule has 26 heavy (non-hydrogen) atoms. The molecule has 0 spiro atoms. The van der Waals surface area contributed by atoms with Crippen LogP contribution in [0.2, 0.25) is 0 Å². The predicted molar refractivity (Wildman–Crippen MR) is 91.8 cm³/mol. The molecule has 0 aliphatic carbocycles. The molecule has 0 bridgehead atoms. The fourth-order valence-corrected chi connectivity index (χ4v) is 1.85. The van der Waals surface area contributed by atoms with E-state index in [0.717, 1.165) is 6.92 Å². The molecular weight excluding hydrogens is 370 g/mol. The van der Waals surface area contributed by atoms with E-state index in [4.69, 9.17) is 16.6 Å². The summed E-state index contributed by atoms with van der Waals surface area (Å²) in [6.45, 7) is 0.600. The lowest BCUT2D eigenvalue weighted by atomic mass is 10.1. The van der Waals surface area contributed by atoms with Gasteiger partial charge in [0.1, 0.15) is 6.04 Å². The van der Waals surface area contributed by atoms with E-state index in [9.17, 15) is 29.1 Å². The number of nitrogens with one attached hydrogen (secondary N) is 3. The number of aliphatic carboxylic acids is 1. The van der Waals surface area contributed by atoms with Gasteiger partial charge in [0.25, 0.3) is 0 Å². The van der Waals surface area contributed by atoms with Crippen molar-refractivity contribution in [1.29, 1.82) is 0 Å². The number of rotatable bonds is 11. The fraction of sp³-hybridized carbons (Fsp3) is 0.615. The van der Waals surface area contributed by atoms with Crippen LogP contribution >= 0.6 is 12.6 Å². The number of carbonyl (C=O) groups excluding carboxylic acids is 4. The number of aliphatic hydroxyl groups excluding tert-OH is 1. The van der Waals surface area contributed by atoms with Gasteiger partial charge in [-0.25, -0.2) is 4.79 Å². The second kappa shape index (κ2) is 11.3. The van der Waals surface area contributed by atoms with Crippen LogP contribution in [0.25, 0.3) is 0 Å². The third-order valence-corrected chi connectivity index (χ3v) is 3.45. The van der Waals surface area contributed by atoms with E-state index >= 15 is 0 Å². The molecule has 9 N–H and O–H groups in total. The quantitative estimate of drug-likeness (QED) is 0.160. The number of aliphatic hydroxyl groups is 1. The Hall–Kier alpha value is -2.38. The van der Waals surface area contributed by atoms with E-state index in [0.29, 0.717) is 0 Å². The molecule has 4 unspecified atom stereocenters. The average molecular weight is 393 g/mol. The van der Waals surface area contributed by atoms with Crippen molar-refractivity contribution in [2.45, 2.75) is 37.6 Å². The lowest BCUT2D eigenvalue weighted by Crippen LogP contribution is -2.56. The molecule has 4 amide bonds. The smallest absolute Gasteiger partial charge is 0.328 e.